The van der Waals surface area contributed by atoms with Gasteiger partial charge in [-0.15, -0.1) is 0 Å². The summed E-state index contributed by atoms with van der Waals surface area (Å²) in [4.78, 5) is 2.13. The molecule has 1 heterocycles. The summed E-state index contributed by atoms with van der Waals surface area (Å²) in [5, 5.41) is 3.37. The van der Waals surface area contributed by atoms with Crippen molar-refractivity contribution in [2.75, 3.05) is 46.9 Å². The van der Waals surface area contributed by atoms with E-state index in [2.05, 4.69) is 31.2 Å². The van der Waals surface area contributed by atoms with Gasteiger partial charge >= 0.3 is 0 Å². The van der Waals surface area contributed by atoms with Crippen molar-refractivity contribution in [1.29, 1.82) is 0 Å². The van der Waals surface area contributed by atoms with Crippen LogP contribution < -0.4 is 5.32 Å². The molecule has 96 valence electrons. The van der Waals surface area contributed by atoms with Crippen molar-refractivity contribution >= 4 is 0 Å². The van der Waals surface area contributed by atoms with Gasteiger partial charge in [-0.05, 0) is 33.9 Å². The van der Waals surface area contributed by atoms with E-state index in [0.29, 0.717) is 12.2 Å². The van der Waals surface area contributed by atoms with Crippen molar-refractivity contribution in [3.63, 3.8) is 0 Å². The topological polar surface area (TPSA) is 33.7 Å². The van der Waals surface area contributed by atoms with E-state index in [9.17, 15) is 0 Å². The van der Waals surface area contributed by atoms with Gasteiger partial charge in [0.2, 0.25) is 0 Å². The lowest BCUT2D eigenvalue weighted by atomic mass is 10.2. The molecule has 1 fully saturated rings. The van der Waals surface area contributed by atoms with Gasteiger partial charge in [0.25, 0.3) is 0 Å². The first-order chi connectivity index (χ1) is 7.68. The van der Waals surface area contributed by atoms with Crippen LogP contribution in [-0.2, 0) is 9.47 Å². The molecule has 16 heavy (non-hydrogen) atoms. The van der Waals surface area contributed by atoms with E-state index in [0.717, 1.165) is 32.8 Å². The highest BCUT2D eigenvalue weighted by molar-refractivity contribution is 4.72. The van der Waals surface area contributed by atoms with E-state index in [4.69, 9.17) is 9.47 Å². The molecule has 0 saturated carbocycles. The van der Waals surface area contributed by atoms with Gasteiger partial charge in [0.15, 0.2) is 0 Å². The molecule has 1 N–H and O–H groups in total. The van der Waals surface area contributed by atoms with Crippen LogP contribution in [0.3, 0.4) is 0 Å². The van der Waals surface area contributed by atoms with Crippen molar-refractivity contribution in [3.8, 4) is 0 Å². The SMILES string of the molecule is CC1CCC(CNCCOCCN(C)C)O1. The molecule has 0 radical (unpaired) electrons. The van der Waals surface area contributed by atoms with Crippen LogP contribution in [0.4, 0.5) is 0 Å². The summed E-state index contributed by atoms with van der Waals surface area (Å²) < 4.78 is 11.2. The lowest BCUT2D eigenvalue weighted by Gasteiger charge is -2.13. The maximum atomic E-state index is 5.71. The fourth-order valence-electron chi connectivity index (χ4n) is 1.79. The van der Waals surface area contributed by atoms with Gasteiger partial charge in [0, 0.05) is 19.6 Å². The fourth-order valence-corrected chi connectivity index (χ4v) is 1.79. The van der Waals surface area contributed by atoms with Gasteiger partial charge in [-0.1, -0.05) is 0 Å². The standard InChI is InChI=1S/C12H26N2O2/c1-11-4-5-12(16-11)10-13-6-8-15-9-7-14(2)3/h11-13H,4-10H2,1-3H3. The highest BCUT2D eigenvalue weighted by atomic mass is 16.5. The summed E-state index contributed by atoms with van der Waals surface area (Å²) in [7, 11) is 4.11. The minimum absolute atomic E-state index is 0.414. The van der Waals surface area contributed by atoms with Crippen molar-refractivity contribution in [2.24, 2.45) is 0 Å². The van der Waals surface area contributed by atoms with Gasteiger partial charge in [0.1, 0.15) is 0 Å². The molecule has 0 aromatic carbocycles. The maximum absolute atomic E-state index is 5.71. The third-order valence-corrected chi connectivity index (χ3v) is 2.80. The predicted octanol–water partition coefficient (Wildman–Crippen LogP) is 0.722. The second-order valence-corrected chi connectivity index (χ2v) is 4.77. The Labute approximate surface area is 99.3 Å². The first-order valence-corrected chi connectivity index (χ1v) is 6.27. The number of nitrogens with one attached hydrogen (secondary N) is 1. The number of rotatable bonds is 8. The minimum atomic E-state index is 0.414. The van der Waals surface area contributed by atoms with Crippen LogP contribution in [0.15, 0.2) is 0 Å². The molecular formula is C12H26N2O2. The zero-order chi connectivity index (χ0) is 11.8. The quantitative estimate of drug-likeness (QED) is 0.623. The van der Waals surface area contributed by atoms with E-state index in [1.807, 2.05) is 0 Å². The first kappa shape index (κ1) is 13.9. The van der Waals surface area contributed by atoms with Crippen LogP contribution in [0.2, 0.25) is 0 Å². The summed E-state index contributed by atoms with van der Waals surface area (Å²) in [6, 6.07) is 0. The van der Waals surface area contributed by atoms with Gasteiger partial charge in [-0.2, -0.15) is 0 Å². The Morgan fingerprint density at radius 1 is 1.31 bits per heavy atom. The highest BCUT2D eigenvalue weighted by Gasteiger charge is 2.20. The molecule has 0 spiro atoms. The minimum Gasteiger partial charge on any atom is -0.379 e. The fraction of sp³-hybridized carbons (Fsp3) is 1.00. The number of likely N-dealkylation sites (N-methyl/N-ethyl adjacent to an activating group) is 1. The van der Waals surface area contributed by atoms with Gasteiger partial charge < -0.3 is 19.7 Å². The Hall–Kier alpha value is -0.160. The van der Waals surface area contributed by atoms with E-state index >= 15 is 0 Å². The van der Waals surface area contributed by atoms with Crippen LogP contribution in [-0.4, -0.2) is 64.1 Å². The molecular weight excluding hydrogens is 204 g/mol. The highest BCUT2D eigenvalue weighted by Crippen LogP contribution is 2.17. The van der Waals surface area contributed by atoms with E-state index in [-0.39, 0.29) is 0 Å². The third-order valence-electron chi connectivity index (χ3n) is 2.80. The Morgan fingerprint density at radius 3 is 2.75 bits per heavy atom. The molecule has 0 aliphatic carbocycles. The summed E-state index contributed by atoms with van der Waals surface area (Å²) in [6.45, 7) is 6.61. The summed E-state index contributed by atoms with van der Waals surface area (Å²) in [5.41, 5.74) is 0. The maximum Gasteiger partial charge on any atom is 0.0704 e. The Bertz CT molecular complexity index is 176. The molecule has 1 rings (SSSR count). The van der Waals surface area contributed by atoms with Crippen LogP contribution in [0.1, 0.15) is 19.8 Å². The first-order valence-electron chi connectivity index (χ1n) is 6.27. The normalized spacial score (nSPS) is 25.5. The van der Waals surface area contributed by atoms with Crippen LogP contribution in [0.25, 0.3) is 0 Å². The zero-order valence-electron chi connectivity index (χ0n) is 10.9. The van der Waals surface area contributed by atoms with Crippen molar-refractivity contribution in [2.45, 2.75) is 32.0 Å². The lowest BCUT2D eigenvalue weighted by Crippen LogP contribution is -2.30. The molecule has 2 atom stereocenters. The average Bonchev–Trinajstić information content (AvgIpc) is 2.62. The van der Waals surface area contributed by atoms with Gasteiger partial charge in [0.05, 0.1) is 25.4 Å². The monoisotopic (exact) mass is 230 g/mol. The number of hydrogen-bond acceptors (Lipinski definition) is 4. The number of nitrogens with zero attached hydrogens (tertiary/aromatic N) is 1. The molecule has 0 aromatic heterocycles. The lowest BCUT2D eigenvalue weighted by molar-refractivity contribution is 0.0537. The second kappa shape index (κ2) is 8.01. The van der Waals surface area contributed by atoms with Gasteiger partial charge in [-0.25, -0.2) is 0 Å². The average molecular weight is 230 g/mol. The Balaban J connectivity index is 1.81. The summed E-state index contributed by atoms with van der Waals surface area (Å²) in [6.07, 6.45) is 3.25. The molecule has 0 amide bonds. The van der Waals surface area contributed by atoms with E-state index in [1.165, 1.54) is 12.8 Å². The van der Waals surface area contributed by atoms with E-state index < -0.39 is 0 Å². The van der Waals surface area contributed by atoms with Crippen molar-refractivity contribution < 1.29 is 9.47 Å². The number of hydrogen-bond donors (Lipinski definition) is 1. The smallest absolute Gasteiger partial charge is 0.0704 e. The molecule has 1 aliphatic heterocycles. The third kappa shape index (κ3) is 6.43. The summed E-state index contributed by atoms with van der Waals surface area (Å²) >= 11 is 0. The zero-order valence-corrected chi connectivity index (χ0v) is 10.9. The molecule has 4 nitrogen and oxygen atoms in total. The summed E-state index contributed by atoms with van der Waals surface area (Å²) in [5.74, 6) is 0. The second-order valence-electron chi connectivity index (χ2n) is 4.77. The molecule has 4 heteroatoms. The van der Waals surface area contributed by atoms with Gasteiger partial charge in [-0.3, -0.25) is 0 Å². The van der Waals surface area contributed by atoms with Crippen LogP contribution in [0, 0.1) is 0 Å². The van der Waals surface area contributed by atoms with Crippen LogP contribution >= 0.6 is 0 Å². The molecule has 2 unspecified atom stereocenters. The largest absolute Gasteiger partial charge is 0.379 e. The molecule has 1 saturated heterocycles. The molecule has 1 aliphatic rings. The number of ether oxygens (including phenoxy) is 2. The predicted molar refractivity (Wildman–Crippen MR) is 65.8 cm³/mol. The van der Waals surface area contributed by atoms with Crippen molar-refractivity contribution in [3.05, 3.63) is 0 Å². The van der Waals surface area contributed by atoms with Crippen molar-refractivity contribution in [1.82, 2.24) is 10.2 Å². The molecule has 0 bridgehead atoms. The van der Waals surface area contributed by atoms with E-state index in [1.54, 1.807) is 0 Å². The Kier molecular flexibility index (Phi) is 6.96. The molecule has 0 aromatic rings. The van der Waals surface area contributed by atoms with Crippen LogP contribution in [0.5, 0.6) is 0 Å². The Morgan fingerprint density at radius 2 is 2.12 bits per heavy atom.